The molecule has 1 nitrogen and oxygen atoms in total. The molecule has 0 aromatic heterocycles. The molecule has 0 unspecified atom stereocenters. The Morgan fingerprint density at radius 3 is 0.875 bits per heavy atom. The Morgan fingerprint density at radius 1 is 0.625 bits per heavy atom. The molecule has 0 bridgehead atoms. The maximum absolute atomic E-state index is 8.39. The van der Waals surface area contributed by atoms with Gasteiger partial charge >= 0.3 is 28.5 Å². The van der Waals surface area contributed by atoms with Crippen LogP contribution >= 0.6 is 0 Å². The van der Waals surface area contributed by atoms with Gasteiger partial charge < -0.3 is 0 Å². The fourth-order valence-corrected chi connectivity index (χ4v) is 0.385. The monoisotopic (exact) mass is 302 g/mol. The molecular formula is C6H6OPb. The van der Waals surface area contributed by atoms with E-state index in [0.29, 0.717) is 0 Å². The topological polar surface area (TPSA) is 17.1 Å². The smallest absolute Gasteiger partial charge is 0.0623 e. The molecule has 0 fully saturated rings. The Bertz CT molecular complexity index is 91.4. The molecule has 0 spiro atoms. The summed E-state index contributed by atoms with van der Waals surface area (Å²) >= 11 is 0.0556. The van der Waals surface area contributed by atoms with Crippen LogP contribution in [0.2, 0.25) is 0 Å². The molecule has 0 saturated carbocycles. The Hall–Kier alpha value is -0.0579. The van der Waals surface area contributed by atoms with Crippen LogP contribution in [-0.2, 0) is 2.69 Å². The second-order valence-corrected chi connectivity index (χ2v) is 1.15. The summed E-state index contributed by atoms with van der Waals surface area (Å²) in [4.78, 5) is 0. The molecule has 1 aromatic carbocycles. The van der Waals surface area contributed by atoms with Crippen LogP contribution in [0.3, 0.4) is 0 Å². The van der Waals surface area contributed by atoms with E-state index in [0.717, 1.165) is 0 Å². The van der Waals surface area contributed by atoms with E-state index in [2.05, 4.69) is 0 Å². The Balaban J connectivity index is 0.000000222. The number of benzene rings is 1. The molecule has 0 aliphatic carbocycles. The first-order valence-electron chi connectivity index (χ1n) is 2.20. The third-order valence-corrected chi connectivity index (χ3v) is 0.667. The van der Waals surface area contributed by atoms with Gasteiger partial charge in [0, 0.05) is 0 Å². The largest absolute Gasteiger partial charge is 0.0623 e. The van der Waals surface area contributed by atoms with E-state index in [9.17, 15) is 0 Å². The summed E-state index contributed by atoms with van der Waals surface area (Å²) in [6.07, 6.45) is 0. The zero-order valence-corrected chi connectivity index (χ0v) is 8.26. The molecule has 0 aliphatic rings. The molecular weight excluding hydrogens is 295 g/mol. The fourth-order valence-electron chi connectivity index (χ4n) is 0.385. The predicted octanol–water partition coefficient (Wildman–Crippen LogP) is 1.19. The summed E-state index contributed by atoms with van der Waals surface area (Å²) < 4.78 is 8.39. The van der Waals surface area contributed by atoms with Gasteiger partial charge in [0.2, 0.25) is 0 Å². The van der Waals surface area contributed by atoms with Gasteiger partial charge in [0.05, 0.1) is 0 Å². The quantitative estimate of drug-likeness (QED) is 0.658. The molecule has 0 heterocycles. The van der Waals surface area contributed by atoms with Crippen molar-refractivity contribution < 1.29 is 2.69 Å². The molecule has 1 rings (SSSR count). The van der Waals surface area contributed by atoms with Gasteiger partial charge in [-0.25, -0.2) is 0 Å². The molecule has 1 aromatic rings. The summed E-state index contributed by atoms with van der Waals surface area (Å²) in [6.45, 7) is 0. The van der Waals surface area contributed by atoms with Crippen LogP contribution in [0.4, 0.5) is 0 Å². The second kappa shape index (κ2) is 6.94. The van der Waals surface area contributed by atoms with Crippen LogP contribution in [0.5, 0.6) is 0 Å². The molecule has 0 atom stereocenters. The third-order valence-electron chi connectivity index (χ3n) is 0.667. The van der Waals surface area contributed by atoms with Gasteiger partial charge in [-0.15, -0.1) is 0 Å². The van der Waals surface area contributed by atoms with Gasteiger partial charge in [-0.05, 0) is 0 Å². The number of rotatable bonds is 0. The Labute approximate surface area is 64.9 Å². The van der Waals surface area contributed by atoms with Gasteiger partial charge in [0.15, 0.2) is 0 Å². The first-order valence-corrected chi connectivity index (χ1v) is 3.79. The van der Waals surface area contributed by atoms with Crippen LogP contribution in [0, 0.1) is 0 Å². The molecule has 0 saturated heterocycles. The maximum Gasteiger partial charge on any atom is -0.0623 e. The van der Waals surface area contributed by atoms with Crippen molar-refractivity contribution in [3.8, 4) is 0 Å². The van der Waals surface area contributed by atoms with Crippen molar-refractivity contribution >= 4 is 25.8 Å². The van der Waals surface area contributed by atoms with Gasteiger partial charge in [-0.3, -0.25) is 0 Å². The fraction of sp³-hybridized carbons (Fsp3) is 0. The van der Waals surface area contributed by atoms with Crippen molar-refractivity contribution in [2.24, 2.45) is 0 Å². The minimum atomic E-state index is 0.0556. The van der Waals surface area contributed by atoms with Crippen molar-refractivity contribution in [2.75, 3.05) is 0 Å². The van der Waals surface area contributed by atoms with E-state index in [-0.39, 0.29) is 25.8 Å². The zero-order valence-electron chi connectivity index (χ0n) is 4.37. The van der Waals surface area contributed by atoms with E-state index >= 15 is 0 Å². The van der Waals surface area contributed by atoms with E-state index in [1.807, 2.05) is 36.4 Å². The van der Waals surface area contributed by atoms with Gasteiger partial charge in [0.25, 0.3) is 0 Å². The minimum absolute atomic E-state index is 0.0556. The van der Waals surface area contributed by atoms with Crippen molar-refractivity contribution in [1.82, 2.24) is 0 Å². The molecule has 8 heavy (non-hydrogen) atoms. The molecule has 40 valence electrons. The standard InChI is InChI=1S/C6H6.O.Pb/c1-2-4-6-5-3-1;;/h1-6H;;. The Kier molecular flexibility index (Phi) is 6.89. The first-order chi connectivity index (χ1) is 4.00. The average molecular weight is 301 g/mol. The van der Waals surface area contributed by atoms with E-state index < -0.39 is 0 Å². The predicted molar refractivity (Wildman–Crippen MR) is 32.9 cm³/mol. The van der Waals surface area contributed by atoms with Crippen LogP contribution in [-0.4, -0.2) is 25.8 Å². The Morgan fingerprint density at radius 2 is 0.750 bits per heavy atom. The maximum atomic E-state index is 8.39. The summed E-state index contributed by atoms with van der Waals surface area (Å²) in [7, 11) is 0. The summed E-state index contributed by atoms with van der Waals surface area (Å²) in [5.41, 5.74) is 0. The SMILES string of the molecule is [O]=[Pb].c1ccccc1. The van der Waals surface area contributed by atoms with Crippen molar-refractivity contribution in [2.45, 2.75) is 0 Å². The van der Waals surface area contributed by atoms with Crippen molar-refractivity contribution in [1.29, 1.82) is 0 Å². The van der Waals surface area contributed by atoms with Crippen LogP contribution < -0.4 is 0 Å². The number of hydrogen-bond donors (Lipinski definition) is 0. The van der Waals surface area contributed by atoms with E-state index in [1.165, 1.54) is 0 Å². The van der Waals surface area contributed by atoms with Gasteiger partial charge in [0.1, 0.15) is 0 Å². The first kappa shape index (κ1) is 7.94. The third kappa shape index (κ3) is 4.11. The molecule has 0 aliphatic heterocycles. The summed E-state index contributed by atoms with van der Waals surface area (Å²) in [5, 5.41) is 0. The van der Waals surface area contributed by atoms with Crippen LogP contribution in [0.15, 0.2) is 36.4 Å². The van der Waals surface area contributed by atoms with E-state index in [1.54, 1.807) is 0 Å². The van der Waals surface area contributed by atoms with Gasteiger partial charge in [-0.2, -0.15) is 0 Å². The second-order valence-electron chi connectivity index (χ2n) is 1.15. The summed E-state index contributed by atoms with van der Waals surface area (Å²) in [5.74, 6) is 0. The zero-order chi connectivity index (χ0) is 6.24. The normalized spacial score (nSPS) is 6.50. The summed E-state index contributed by atoms with van der Waals surface area (Å²) in [6, 6.07) is 12.0. The van der Waals surface area contributed by atoms with Crippen LogP contribution in [0.1, 0.15) is 0 Å². The minimum Gasteiger partial charge on any atom is -0.0623 e. The van der Waals surface area contributed by atoms with E-state index in [4.69, 9.17) is 2.69 Å². The van der Waals surface area contributed by atoms with Crippen molar-refractivity contribution in [3.05, 3.63) is 36.4 Å². The van der Waals surface area contributed by atoms with Gasteiger partial charge in [-0.1, -0.05) is 36.4 Å². The molecule has 0 N–H and O–H groups in total. The van der Waals surface area contributed by atoms with Crippen LogP contribution in [0.25, 0.3) is 0 Å². The number of hydrogen-bond acceptors (Lipinski definition) is 1. The molecule has 2 radical (unpaired) electrons. The molecule has 0 amide bonds. The average Bonchev–Trinajstić information content (AvgIpc) is 1.96. The molecule has 2 heteroatoms. The van der Waals surface area contributed by atoms with Crippen molar-refractivity contribution in [3.63, 3.8) is 0 Å².